The molecule has 0 amide bonds. The Morgan fingerprint density at radius 3 is 2.91 bits per heavy atom. The maximum absolute atomic E-state index is 5.42. The Labute approximate surface area is 143 Å². The van der Waals surface area contributed by atoms with Crippen LogP contribution in [0.5, 0.6) is 0 Å². The molecule has 0 aliphatic carbocycles. The van der Waals surface area contributed by atoms with E-state index in [9.17, 15) is 0 Å². The summed E-state index contributed by atoms with van der Waals surface area (Å²) in [5, 5.41) is 6.27. The number of rotatable bonds is 6. The second kappa shape index (κ2) is 6.97. The average molecular weight is 348 g/mol. The third-order valence-corrected chi connectivity index (χ3v) is 6.01. The lowest BCUT2D eigenvalue weighted by Crippen LogP contribution is -1.93. The van der Waals surface area contributed by atoms with E-state index in [1.165, 1.54) is 10.4 Å². The summed E-state index contributed by atoms with van der Waals surface area (Å²) in [5.74, 6) is 1.46. The van der Waals surface area contributed by atoms with E-state index < -0.39 is 0 Å². The van der Waals surface area contributed by atoms with Crippen molar-refractivity contribution in [2.75, 3.05) is 0 Å². The molecule has 122 valence electrons. The molecule has 1 unspecified atom stereocenters. The van der Waals surface area contributed by atoms with Gasteiger partial charge in [0.2, 0.25) is 5.89 Å². The first kappa shape index (κ1) is 16.4. The maximum atomic E-state index is 5.42. The quantitative estimate of drug-likeness (QED) is 0.467. The summed E-state index contributed by atoms with van der Waals surface area (Å²) in [5.41, 5.74) is 1.26. The zero-order valence-corrected chi connectivity index (χ0v) is 15.4. The van der Waals surface area contributed by atoms with Gasteiger partial charge in [0, 0.05) is 16.7 Å². The molecule has 0 aromatic carbocycles. The number of unbranched alkanes of at least 4 members (excludes halogenated alkanes) is 1. The van der Waals surface area contributed by atoms with Crippen LogP contribution in [0, 0.1) is 13.8 Å². The van der Waals surface area contributed by atoms with Crippen molar-refractivity contribution in [3.8, 4) is 0 Å². The lowest BCUT2D eigenvalue weighted by Gasteiger charge is -2.07. The van der Waals surface area contributed by atoms with Crippen LogP contribution in [-0.4, -0.2) is 20.1 Å². The van der Waals surface area contributed by atoms with Gasteiger partial charge in [0.15, 0.2) is 5.82 Å². The van der Waals surface area contributed by atoms with Crippen LogP contribution in [0.1, 0.15) is 54.1 Å². The molecule has 0 bridgehead atoms. The van der Waals surface area contributed by atoms with Crippen molar-refractivity contribution in [2.24, 2.45) is 0 Å². The minimum absolute atomic E-state index is 0.0654. The van der Waals surface area contributed by atoms with Crippen molar-refractivity contribution in [1.82, 2.24) is 20.1 Å². The number of thioether (sulfide) groups is 1. The van der Waals surface area contributed by atoms with Crippen molar-refractivity contribution in [3.63, 3.8) is 0 Å². The molecule has 7 heteroatoms. The zero-order chi connectivity index (χ0) is 16.4. The van der Waals surface area contributed by atoms with Crippen LogP contribution < -0.4 is 0 Å². The van der Waals surface area contributed by atoms with Crippen molar-refractivity contribution in [1.29, 1.82) is 0 Å². The van der Waals surface area contributed by atoms with Crippen LogP contribution in [0.15, 0.2) is 15.9 Å². The molecule has 0 saturated carbocycles. The van der Waals surface area contributed by atoms with Crippen LogP contribution in [-0.2, 0) is 6.42 Å². The van der Waals surface area contributed by atoms with Crippen molar-refractivity contribution in [2.45, 2.75) is 57.2 Å². The Bertz CT molecular complexity index is 812. The van der Waals surface area contributed by atoms with Gasteiger partial charge < -0.3 is 4.52 Å². The smallest absolute Gasteiger partial charge is 0.239 e. The highest BCUT2D eigenvalue weighted by atomic mass is 32.2. The third kappa shape index (κ3) is 3.40. The Balaban J connectivity index is 1.82. The number of thiophene rings is 1. The van der Waals surface area contributed by atoms with Gasteiger partial charge in [-0.1, -0.05) is 30.3 Å². The Kier molecular flexibility index (Phi) is 4.96. The molecule has 0 N–H and O–H groups in total. The molecule has 0 aliphatic rings. The molecule has 5 nitrogen and oxygen atoms in total. The van der Waals surface area contributed by atoms with Gasteiger partial charge in [-0.05, 0) is 32.8 Å². The van der Waals surface area contributed by atoms with Crippen molar-refractivity contribution >= 4 is 33.3 Å². The van der Waals surface area contributed by atoms with Gasteiger partial charge in [0.05, 0.1) is 5.25 Å². The second-order valence-corrected chi connectivity index (χ2v) is 8.09. The number of aromatic nitrogens is 4. The van der Waals surface area contributed by atoms with Gasteiger partial charge in [-0.3, -0.25) is 0 Å². The highest BCUT2D eigenvalue weighted by molar-refractivity contribution is 7.99. The van der Waals surface area contributed by atoms with Gasteiger partial charge in [0.1, 0.15) is 16.2 Å². The molecule has 3 heterocycles. The van der Waals surface area contributed by atoms with Crippen molar-refractivity contribution in [3.05, 3.63) is 28.5 Å². The number of hydrogen-bond donors (Lipinski definition) is 0. The molecule has 0 radical (unpaired) electrons. The van der Waals surface area contributed by atoms with E-state index in [4.69, 9.17) is 4.52 Å². The van der Waals surface area contributed by atoms with Gasteiger partial charge in [-0.15, -0.1) is 11.3 Å². The summed E-state index contributed by atoms with van der Waals surface area (Å²) < 4.78 is 5.42. The second-order valence-electron chi connectivity index (χ2n) is 5.55. The summed E-state index contributed by atoms with van der Waals surface area (Å²) in [6.07, 6.45) is 4.72. The van der Waals surface area contributed by atoms with Gasteiger partial charge in [-0.2, -0.15) is 4.98 Å². The van der Waals surface area contributed by atoms with E-state index in [0.717, 1.165) is 40.3 Å². The fourth-order valence-electron chi connectivity index (χ4n) is 2.33. The molecule has 0 fully saturated rings. The molecule has 0 saturated heterocycles. The topological polar surface area (TPSA) is 64.7 Å². The number of aryl methyl sites for hydroxylation is 3. The van der Waals surface area contributed by atoms with E-state index in [0.29, 0.717) is 5.89 Å². The summed E-state index contributed by atoms with van der Waals surface area (Å²) >= 11 is 3.36. The molecule has 3 aromatic rings. The first-order valence-corrected chi connectivity index (χ1v) is 9.49. The van der Waals surface area contributed by atoms with Gasteiger partial charge in [-0.25, -0.2) is 9.97 Å². The van der Waals surface area contributed by atoms with E-state index in [-0.39, 0.29) is 5.25 Å². The van der Waals surface area contributed by atoms with E-state index >= 15 is 0 Å². The largest absolute Gasteiger partial charge is 0.338 e. The summed E-state index contributed by atoms with van der Waals surface area (Å²) in [6.45, 7) is 8.48. The van der Waals surface area contributed by atoms with E-state index in [2.05, 4.69) is 47.8 Å². The zero-order valence-electron chi connectivity index (χ0n) is 13.8. The monoisotopic (exact) mass is 348 g/mol. The highest BCUT2D eigenvalue weighted by Crippen LogP contribution is 2.40. The number of fused-ring (bicyclic) bond motifs is 1. The molecule has 0 spiro atoms. The predicted octanol–water partition coefficient (Wildman–Crippen LogP) is 4.89. The lowest BCUT2D eigenvalue weighted by atomic mass is 10.2. The van der Waals surface area contributed by atoms with Gasteiger partial charge >= 0.3 is 0 Å². The maximum Gasteiger partial charge on any atom is 0.239 e. The summed E-state index contributed by atoms with van der Waals surface area (Å²) in [4.78, 5) is 15.7. The molecule has 0 aliphatic heterocycles. The summed E-state index contributed by atoms with van der Waals surface area (Å²) in [6, 6.07) is 0. The molecular weight excluding hydrogens is 328 g/mol. The van der Waals surface area contributed by atoms with Crippen LogP contribution in [0.2, 0.25) is 0 Å². The standard InChI is InChI=1S/C16H20N4OS2/c1-5-6-7-12-19-14(21-20-12)11(4)23-16-13-9(2)10(3)22-15(13)17-8-18-16/h8,11H,5-7H2,1-4H3. The fourth-order valence-corrected chi connectivity index (χ4v) is 4.39. The average Bonchev–Trinajstić information content (AvgIpc) is 3.11. The molecule has 3 rings (SSSR count). The van der Waals surface area contributed by atoms with Crippen LogP contribution in [0.3, 0.4) is 0 Å². The number of nitrogens with zero attached hydrogens (tertiary/aromatic N) is 4. The fraction of sp³-hybridized carbons (Fsp3) is 0.500. The Hall–Kier alpha value is -1.47. The molecular formula is C16H20N4OS2. The number of hydrogen-bond acceptors (Lipinski definition) is 7. The first-order chi connectivity index (χ1) is 11.1. The van der Waals surface area contributed by atoms with Crippen LogP contribution in [0.25, 0.3) is 10.2 Å². The minimum Gasteiger partial charge on any atom is -0.338 e. The Morgan fingerprint density at radius 2 is 2.13 bits per heavy atom. The summed E-state index contributed by atoms with van der Waals surface area (Å²) in [7, 11) is 0. The van der Waals surface area contributed by atoms with Crippen LogP contribution >= 0.6 is 23.1 Å². The van der Waals surface area contributed by atoms with Crippen molar-refractivity contribution < 1.29 is 4.52 Å². The van der Waals surface area contributed by atoms with E-state index in [1.54, 1.807) is 29.4 Å². The highest BCUT2D eigenvalue weighted by Gasteiger charge is 2.19. The lowest BCUT2D eigenvalue weighted by molar-refractivity contribution is 0.374. The van der Waals surface area contributed by atoms with E-state index in [1.807, 2.05) is 0 Å². The normalized spacial score (nSPS) is 12.9. The van der Waals surface area contributed by atoms with Crippen LogP contribution in [0.4, 0.5) is 0 Å². The first-order valence-electron chi connectivity index (χ1n) is 7.80. The molecule has 3 aromatic heterocycles. The molecule has 23 heavy (non-hydrogen) atoms. The molecule has 1 atom stereocenters. The predicted molar refractivity (Wildman–Crippen MR) is 94.1 cm³/mol. The van der Waals surface area contributed by atoms with Gasteiger partial charge in [0.25, 0.3) is 0 Å². The SMILES string of the molecule is CCCCc1noc(C(C)Sc2ncnc3sc(C)c(C)c23)n1. The third-order valence-electron chi connectivity index (χ3n) is 3.80. The minimum atomic E-state index is 0.0654. The Morgan fingerprint density at radius 1 is 1.30 bits per heavy atom.